The van der Waals surface area contributed by atoms with Crippen molar-refractivity contribution in [2.75, 3.05) is 39.6 Å². The number of thioether (sulfide) groups is 1. The fourth-order valence-electron chi connectivity index (χ4n) is 6.01. The van der Waals surface area contributed by atoms with E-state index in [1.54, 1.807) is 0 Å². The highest BCUT2D eigenvalue weighted by Crippen LogP contribution is 2.52. The second-order valence-corrected chi connectivity index (χ2v) is 14.9. The fraction of sp³-hybridized carbons (Fsp3) is 0.707. The van der Waals surface area contributed by atoms with E-state index in [0.717, 1.165) is 87.5 Å². The minimum absolute atomic E-state index is 0.160. The van der Waals surface area contributed by atoms with Crippen LogP contribution in [0.2, 0.25) is 0 Å². The molecule has 0 spiro atoms. The lowest BCUT2D eigenvalue weighted by Gasteiger charge is -2.50. The van der Waals surface area contributed by atoms with Crippen LogP contribution in [0.1, 0.15) is 127 Å². The third-order valence-corrected chi connectivity index (χ3v) is 10.7. The molecule has 1 unspecified atom stereocenters. The summed E-state index contributed by atoms with van der Waals surface area (Å²) < 4.78 is 33.1. The van der Waals surface area contributed by atoms with Crippen molar-refractivity contribution in [3.05, 3.63) is 64.2 Å². The molecule has 1 N–H and O–H groups in total. The maximum absolute atomic E-state index is 13.3. The normalized spacial score (nSPS) is 22.7. The third-order valence-electron chi connectivity index (χ3n) is 9.14. The predicted octanol–water partition coefficient (Wildman–Crippen LogP) is 9.71. The molecular weight excluding hydrogens is 621 g/mol. The summed E-state index contributed by atoms with van der Waals surface area (Å²) in [5, 5.41) is 13.2. The van der Waals surface area contributed by atoms with Gasteiger partial charge in [0.1, 0.15) is 24.1 Å². The molecule has 7 heteroatoms. The molecule has 1 saturated heterocycles. The van der Waals surface area contributed by atoms with Gasteiger partial charge in [-0.15, -0.1) is 11.8 Å². The van der Waals surface area contributed by atoms with E-state index in [-0.39, 0.29) is 11.4 Å². The van der Waals surface area contributed by atoms with E-state index in [4.69, 9.17) is 23.7 Å². The Morgan fingerprint density at radius 3 is 1.88 bits per heavy atom. The van der Waals surface area contributed by atoms with Gasteiger partial charge in [0.25, 0.3) is 0 Å². The van der Waals surface area contributed by atoms with Crippen LogP contribution in [0.5, 0.6) is 5.75 Å². The van der Waals surface area contributed by atoms with Crippen molar-refractivity contribution in [3.8, 4) is 5.75 Å². The number of ether oxygens (including phenoxy) is 5. The zero-order chi connectivity index (χ0) is 34.8. The molecule has 2 aromatic rings. The number of hydrogen-bond acceptors (Lipinski definition) is 7. The zero-order valence-electron chi connectivity index (χ0n) is 31.2. The van der Waals surface area contributed by atoms with E-state index >= 15 is 0 Å². The summed E-state index contributed by atoms with van der Waals surface area (Å²) in [4.78, 5) is -1.45. The second-order valence-electron chi connectivity index (χ2n) is 13.4. The lowest BCUT2D eigenvalue weighted by molar-refractivity contribution is -0.190. The lowest BCUT2D eigenvalue weighted by atomic mass is 9.89. The van der Waals surface area contributed by atoms with Crippen molar-refractivity contribution >= 4 is 11.8 Å². The molecule has 2 aromatic carbocycles. The van der Waals surface area contributed by atoms with Gasteiger partial charge in [-0.2, -0.15) is 0 Å². The molecule has 0 radical (unpaired) electrons. The number of aryl methyl sites for hydroxylation is 2. The van der Waals surface area contributed by atoms with Crippen LogP contribution in [0.25, 0.3) is 0 Å². The van der Waals surface area contributed by atoms with Crippen LogP contribution >= 0.6 is 11.8 Å². The van der Waals surface area contributed by atoms with Crippen molar-refractivity contribution in [3.63, 3.8) is 0 Å². The van der Waals surface area contributed by atoms with E-state index in [9.17, 15) is 5.11 Å². The number of hydrogen-bond donors (Lipinski definition) is 1. The highest BCUT2D eigenvalue weighted by molar-refractivity contribution is 8.00. The van der Waals surface area contributed by atoms with E-state index in [2.05, 4.69) is 84.9 Å². The summed E-state index contributed by atoms with van der Waals surface area (Å²) in [7, 11) is 0. The van der Waals surface area contributed by atoms with Gasteiger partial charge in [-0.05, 0) is 81.2 Å². The maximum atomic E-state index is 13.3. The Labute approximate surface area is 297 Å². The Kier molecular flexibility index (Phi) is 18.9. The van der Waals surface area contributed by atoms with E-state index in [0.29, 0.717) is 39.6 Å². The van der Waals surface area contributed by atoms with Crippen molar-refractivity contribution < 1.29 is 28.8 Å². The first kappa shape index (κ1) is 40.8. The molecule has 272 valence electrons. The fourth-order valence-corrected chi connectivity index (χ4v) is 7.62. The molecule has 5 atom stereocenters. The average Bonchev–Trinajstić information content (AvgIpc) is 3.07. The van der Waals surface area contributed by atoms with Crippen molar-refractivity contribution in [2.24, 2.45) is 0 Å². The molecule has 6 nitrogen and oxygen atoms in total. The van der Waals surface area contributed by atoms with Crippen LogP contribution in [0, 0.1) is 13.8 Å². The van der Waals surface area contributed by atoms with Gasteiger partial charge in [-0.25, -0.2) is 0 Å². The summed E-state index contributed by atoms with van der Waals surface area (Å²) in [6, 6.07) is 13.0. The quantitative estimate of drug-likeness (QED) is 0.110. The molecular formula is C41H66O6S. The summed E-state index contributed by atoms with van der Waals surface area (Å²) in [6.07, 6.45) is 9.25. The Morgan fingerprint density at radius 1 is 0.688 bits per heavy atom. The average molecular weight is 687 g/mol. The van der Waals surface area contributed by atoms with Crippen LogP contribution in [-0.4, -0.2) is 68.3 Å². The van der Waals surface area contributed by atoms with Gasteiger partial charge in [0.15, 0.2) is 4.93 Å². The summed E-state index contributed by atoms with van der Waals surface area (Å²) in [6.45, 7) is 18.6. The smallest absolute Gasteiger partial charge is 0.168 e. The molecule has 0 saturated carbocycles. The largest absolute Gasteiger partial charge is 0.493 e. The molecule has 0 amide bonds. The summed E-state index contributed by atoms with van der Waals surface area (Å²) >= 11 is 1.52. The minimum Gasteiger partial charge on any atom is -0.493 e. The van der Waals surface area contributed by atoms with Crippen molar-refractivity contribution in [2.45, 2.75) is 148 Å². The molecule has 0 aliphatic carbocycles. The standard InChI is InChI=1S/C41H66O6S/c1-8-13-22-43-30-37-38(45-24-15-10-3)39(46-25-16-11-4)40(47-26-17-12-5)41(42,48-37)35-29-34(28-33-20-18-31(6)19-21-33)32(7)27-36(35)44-23-14-9-2/h18-21,27,29,37-40,42H,8-17,22-26,28,30H2,1-7H3/t37-,38-,39+,40-,41?/m1/s1. The van der Waals surface area contributed by atoms with E-state index in [1.165, 1.54) is 28.5 Å². The Morgan fingerprint density at radius 2 is 1.25 bits per heavy atom. The Bertz CT molecular complexity index is 1160. The van der Waals surface area contributed by atoms with Crippen LogP contribution in [0.15, 0.2) is 36.4 Å². The first-order valence-electron chi connectivity index (χ1n) is 19.0. The maximum Gasteiger partial charge on any atom is 0.168 e. The van der Waals surface area contributed by atoms with Gasteiger partial charge >= 0.3 is 0 Å². The predicted molar refractivity (Wildman–Crippen MR) is 201 cm³/mol. The molecule has 1 aliphatic heterocycles. The monoisotopic (exact) mass is 686 g/mol. The molecule has 48 heavy (non-hydrogen) atoms. The van der Waals surface area contributed by atoms with Crippen LogP contribution < -0.4 is 4.74 Å². The molecule has 1 fully saturated rings. The minimum atomic E-state index is -1.45. The topological polar surface area (TPSA) is 66.4 Å². The third kappa shape index (κ3) is 12.0. The number of benzene rings is 2. The van der Waals surface area contributed by atoms with Crippen LogP contribution in [0.3, 0.4) is 0 Å². The number of aliphatic hydroxyl groups is 1. The van der Waals surface area contributed by atoms with Gasteiger partial charge in [0.05, 0.1) is 18.5 Å². The van der Waals surface area contributed by atoms with Crippen LogP contribution in [0.4, 0.5) is 0 Å². The van der Waals surface area contributed by atoms with Gasteiger partial charge in [-0.1, -0.05) is 96.6 Å². The van der Waals surface area contributed by atoms with Gasteiger partial charge in [0.2, 0.25) is 0 Å². The highest BCUT2D eigenvalue weighted by Gasteiger charge is 2.57. The number of unbranched alkanes of at least 4 members (excludes halogenated alkanes) is 5. The summed E-state index contributed by atoms with van der Waals surface area (Å²) in [5.74, 6) is 0.719. The van der Waals surface area contributed by atoms with Crippen molar-refractivity contribution in [1.29, 1.82) is 0 Å². The molecule has 0 aromatic heterocycles. The second kappa shape index (κ2) is 22.3. The summed E-state index contributed by atoms with van der Waals surface area (Å²) in [5.41, 5.74) is 5.55. The van der Waals surface area contributed by atoms with E-state index < -0.39 is 17.1 Å². The molecule has 3 rings (SSSR count). The molecule has 1 aliphatic rings. The highest BCUT2D eigenvalue weighted by atomic mass is 32.2. The van der Waals surface area contributed by atoms with Crippen LogP contribution in [-0.2, 0) is 30.3 Å². The molecule has 0 bridgehead atoms. The Balaban J connectivity index is 2.18. The van der Waals surface area contributed by atoms with E-state index in [1.807, 2.05) is 0 Å². The first-order chi connectivity index (χ1) is 23.3. The lowest BCUT2D eigenvalue weighted by Crippen LogP contribution is -2.61. The zero-order valence-corrected chi connectivity index (χ0v) is 32.0. The first-order valence-corrected chi connectivity index (χ1v) is 19.9. The van der Waals surface area contributed by atoms with Gasteiger partial charge in [-0.3, -0.25) is 0 Å². The van der Waals surface area contributed by atoms with Gasteiger partial charge < -0.3 is 28.8 Å². The number of rotatable bonds is 24. The van der Waals surface area contributed by atoms with Gasteiger partial charge in [0, 0.05) is 32.0 Å². The van der Waals surface area contributed by atoms with Crippen molar-refractivity contribution in [1.82, 2.24) is 0 Å². The molecule has 1 heterocycles. The SMILES string of the molecule is CCCCOC[C@H]1SC(O)(c2cc(Cc3ccc(C)cc3)c(C)cc2OCCCC)[C@H](OCCCC)[C@@H](OCCCC)[C@@H]1OCCCC. The Hall–Kier alpha value is -1.61.